The summed E-state index contributed by atoms with van der Waals surface area (Å²) >= 11 is 0. The largest absolute Gasteiger partial charge is 0.503 e. The van der Waals surface area contributed by atoms with Crippen LogP contribution in [0.1, 0.15) is 0 Å². The van der Waals surface area contributed by atoms with Crippen molar-refractivity contribution in [3.8, 4) is 0 Å². The highest BCUT2D eigenvalue weighted by Crippen LogP contribution is 1.48. The van der Waals surface area contributed by atoms with E-state index in [1.165, 1.54) is 0 Å². The van der Waals surface area contributed by atoms with Gasteiger partial charge in [-0.3, -0.25) is 0 Å². The Morgan fingerprint density at radius 1 is 0.100 bits per heavy atom. The Bertz CT molecular complexity index is 746. The van der Waals surface area contributed by atoms with Crippen molar-refractivity contribution in [3.05, 3.63) is 0 Å². The van der Waals surface area contributed by atoms with Crippen molar-refractivity contribution >= 4 is 92.3 Å². The highest BCUT2D eigenvalue weighted by atomic mass is 16.6. The van der Waals surface area contributed by atoms with Gasteiger partial charge < -0.3 is 153 Å². The number of carboxylic acid groups (broad SMARTS) is 30. The lowest BCUT2D eigenvalue weighted by Gasteiger charge is -1.60. The lowest BCUT2D eigenvalue weighted by molar-refractivity contribution is 0.135. The van der Waals surface area contributed by atoms with Gasteiger partial charge in [0.2, 0.25) is 0 Å². The van der Waals surface area contributed by atoms with Crippen LogP contribution in [0.3, 0.4) is 0 Å². The van der Waals surface area contributed by atoms with Crippen LogP contribution in [-0.2, 0) is 0 Å². The van der Waals surface area contributed by atoms with Crippen LogP contribution < -0.4 is 0 Å². The molecule has 60 heavy (non-hydrogen) atoms. The van der Waals surface area contributed by atoms with Crippen molar-refractivity contribution in [2.24, 2.45) is 0 Å². The molecule has 0 saturated carbocycles. The van der Waals surface area contributed by atoms with E-state index in [1.807, 2.05) is 0 Å². The summed E-state index contributed by atoms with van der Waals surface area (Å²) in [7, 11) is 0. The molecule has 45 heteroatoms. The fourth-order valence-corrected chi connectivity index (χ4v) is 0. The van der Waals surface area contributed by atoms with Gasteiger partial charge in [-0.05, 0) is 0 Å². The third-order valence-corrected chi connectivity index (χ3v) is 0. The maximum Gasteiger partial charge on any atom is 0.503 e. The zero-order chi connectivity index (χ0) is 53.7. The van der Waals surface area contributed by atoms with Gasteiger partial charge in [0.25, 0.3) is 0 Å². The number of hydrogen-bond donors (Lipinski definition) is 30. The number of carbonyl (C=O) groups is 15. The second kappa shape index (κ2) is 91.7. The minimum atomic E-state index is -1.83. The standard InChI is InChI=1S/15CH2O3/c15*2-1(3)4/h15*(H2,2,3,4). The van der Waals surface area contributed by atoms with Crippen molar-refractivity contribution in [3.63, 3.8) is 0 Å². The highest BCUT2D eigenvalue weighted by molar-refractivity contribution is 5.56. The summed E-state index contributed by atoms with van der Waals surface area (Å²) in [6, 6.07) is 0. The van der Waals surface area contributed by atoms with Crippen molar-refractivity contribution in [2.75, 3.05) is 0 Å². The second-order valence-corrected chi connectivity index (χ2v) is 4.24. The van der Waals surface area contributed by atoms with Crippen LogP contribution in [0.15, 0.2) is 0 Å². The summed E-state index contributed by atoms with van der Waals surface area (Å²) in [4.78, 5) is 128. The molecule has 0 radical (unpaired) electrons. The molecular weight excluding hydrogens is 900 g/mol. The third kappa shape index (κ3) is 832. The molecule has 0 atom stereocenters. The molecule has 0 aromatic rings. The molecule has 0 unspecified atom stereocenters. The maximum atomic E-state index is 8.56. The topological polar surface area (TPSA) is 863 Å². The van der Waals surface area contributed by atoms with Crippen molar-refractivity contribution < 1.29 is 225 Å². The quantitative estimate of drug-likeness (QED) is 0.166. The second-order valence-electron chi connectivity index (χ2n) is 4.24. The molecule has 0 bridgehead atoms. The first-order valence-corrected chi connectivity index (χ1v) is 9.77. The molecule has 0 rings (SSSR count). The fourth-order valence-electron chi connectivity index (χ4n) is 0. The Morgan fingerprint density at radius 2 is 0.100 bits per heavy atom. The van der Waals surface area contributed by atoms with Gasteiger partial charge >= 0.3 is 92.3 Å². The fraction of sp³-hybridized carbons (Fsp3) is 0. The third-order valence-electron chi connectivity index (χ3n) is 0. The molecule has 45 nitrogen and oxygen atoms in total. The Morgan fingerprint density at radius 3 is 0.100 bits per heavy atom. The molecule has 0 aliphatic heterocycles. The zero-order valence-electron chi connectivity index (χ0n) is 27.0. The summed E-state index contributed by atoms with van der Waals surface area (Å²) in [6.45, 7) is 0. The first-order chi connectivity index (χ1) is 26.0. The molecule has 0 amide bonds. The summed E-state index contributed by atoms with van der Waals surface area (Å²) in [5, 5.41) is 209. The average Bonchev–Trinajstić information content (AvgIpc) is 2.78. The van der Waals surface area contributed by atoms with Crippen LogP contribution in [0.2, 0.25) is 0 Å². The van der Waals surface area contributed by atoms with Crippen LogP contribution in [-0.4, -0.2) is 246 Å². The molecule has 0 heterocycles. The first-order valence-electron chi connectivity index (χ1n) is 9.77. The lowest BCUT2D eigenvalue weighted by Crippen LogP contribution is -1.81. The van der Waals surface area contributed by atoms with E-state index >= 15 is 0 Å². The van der Waals surface area contributed by atoms with E-state index < -0.39 is 92.3 Å². The SMILES string of the molecule is O=C(O)O.O=C(O)O.O=C(O)O.O=C(O)O.O=C(O)O.O=C(O)O.O=C(O)O.O=C(O)O.O=C(O)O.O=C(O)O.O=C(O)O.O=C(O)O.O=C(O)O.O=C(O)O.O=C(O)O. The predicted molar refractivity (Wildman–Crippen MR) is 160 cm³/mol. The van der Waals surface area contributed by atoms with Crippen LogP contribution in [0.4, 0.5) is 71.9 Å². The van der Waals surface area contributed by atoms with Gasteiger partial charge in [-0.1, -0.05) is 0 Å². The number of rotatable bonds is 0. The summed E-state index contributed by atoms with van der Waals surface area (Å²) in [5.41, 5.74) is 0. The van der Waals surface area contributed by atoms with Crippen molar-refractivity contribution in [2.45, 2.75) is 0 Å². The van der Waals surface area contributed by atoms with Crippen LogP contribution in [0.5, 0.6) is 0 Å². The van der Waals surface area contributed by atoms with Gasteiger partial charge in [0, 0.05) is 0 Å². The first kappa shape index (κ1) is 97.7. The summed E-state index contributed by atoms with van der Waals surface area (Å²) in [6.07, 6.45) is -27.5. The van der Waals surface area contributed by atoms with Gasteiger partial charge in [-0.15, -0.1) is 0 Å². The lowest BCUT2D eigenvalue weighted by atomic mass is 11.5. The van der Waals surface area contributed by atoms with E-state index in [0.717, 1.165) is 0 Å². The Kier molecular flexibility index (Phi) is 149. The van der Waals surface area contributed by atoms with E-state index in [9.17, 15) is 0 Å². The van der Waals surface area contributed by atoms with Crippen LogP contribution >= 0.6 is 0 Å². The molecule has 360 valence electrons. The van der Waals surface area contributed by atoms with Gasteiger partial charge in [-0.25, -0.2) is 71.9 Å². The number of hydrogen-bond acceptors (Lipinski definition) is 15. The van der Waals surface area contributed by atoms with Gasteiger partial charge in [0.05, 0.1) is 0 Å². The smallest absolute Gasteiger partial charge is 0.450 e. The molecule has 0 aliphatic carbocycles. The van der Waals surface area contributed by atoms with Gasteiger partial charge in [0.15, 0.2) is 0 Å². The van der Waals surface area contributed by atoms with Crippen LogP contribution in [0, 0.1) is 0 Å². The maximum absolute atomic E-state index is 8.56. The minimum absolute atomic E-state index is 1.83. The minimum Gasteiger partial charge on any atom is -0.450 e. The molecule has 0 aromatic heterocycles. The monoisotopic (exact) mass is 930 g/mol. The average molecular weight is 930 g/mol. The van der Waals surface area contributed by atoms with E-state index in [1.54, 1.807) is 0 Å². The van der Waals surface area contributed by atoms with Crippen molar-refractivity contribution in [1.29, 1.82) is 0 Å². The molecule has 0 aromatic carbocycles. The van der Waals surface area contributed by atoms with Crippen LogP contribution in [0.25, 0.3) is 0 Å². The molecule has 0 spiro atoms. The Hall–Kier alpha value is -10.9. The highest BCUT2D eigenvalue weighted by Gasteiger charge is 1.75. The molecular formula is C15H30O45. The van der Waals surface area contributed by atoms with E-state index in [4.69, 9.17) is 225 Å². The van der Waals surface area contributed by atoms with Gasteiger partial charge in [0.1, 0.15) is 0 Å². The molecule has 0 saturated heterocycles. The summed E-state index contributed by atoms with van der Waals surface area (Å²) < 4.78 is 0. The Balaban J connectivity index is -0.0000000278. The summed E-state index contributed by atoms with van der Waals surface area (Å²) in [5.74, 6) is 0. The molecule has 30 N–H and O–H groups in total. The van der Waals surface area contributed by atoms with E-state index in [-0.39, 0.29) is 0 Å². The van der Waals surface area contributed by atoms with Crippen molar-refractivity contribution in [1.82, 2.24) is 0 Å². The van der Waals surface area contributed by atoms with E-state index in [0.29, 0.717) is 0 Å². The normalized spacial score (nSPS) is 6.00. The Labute approximate surface area is 318 Å². The molecule has 0 fully saturated rings. The zero-order valence-corrected chi connectivity index (χ0v) is 27.0. The predicted octanol–water partition coefficient (Wildman–Crippen LogP) is 3.34. The van der Waals surface area contributed by atoms with E-state index in [2.05, 4.69) is 0 Å². The van der Waals surface area contributed by atoms with Gasteiger partial charge in [-0.2, -0.15) is 0 Å². The molecule has 0 aliphatic rings.